The number of hydrogen-bond donors (Lipinski definition) is 5. The van der Waals surface area contributed by atoms with Crippen LogP contribution in [0.4, 0.5) is 0 Å². The molecule has 27 heavy (non-hydrogen) atoms. The number of rotatable bonds is 10. The summed E-state index contributed by atoms with van der Waals surface area (Å²) in [5.41, 5.74) is 7.05. The van der Waals surface area contributed by atoms with Crippen molar-refractivity contribution in [1.82, 2.24) is 20.9 Å². The zero-order chi connectivity index (χ0) is 19.5. The van der Waals surface area contributed by atoms with Crippen LogP contribution in [-0.2, 0) is 20.9 Å². The number of carbonyl (C=O) groups excluding carboxylic acids is 2. The van der Waals surface area contributed by atoms with Gasteiger partial charge in [0.05, 0.1) is 26.3 Å². The van der Waals surface area contributed by atoms with Crippen LogP contribution in [0, 0.1) is 5.41 Å². The normalized spacial score (nSPS) is 14.5. The van der Waals surface area contributed by atoms with Gasteiger partial charge in [-0.05, 0) is 5.56 Å². The average molecular weight is 376 g/mol. The van der Waals surface area contributed by atoms with E-state index in [1.165, 1.54) is 0 Å². The molecule has 0 aliphatic carbocycles. The third-order valence-corrected chi connectivity index (χ3v) is 4.18. The molecule has 1 aromatic carbocycles. The second kappa shape index (κ2) is 11.3. The molecule has 0 unspecified atom stereocenters. The lowest BCUT2D eigenvalue weighted by molar-refractivity contribution is -0.125. The number of nitrogen functional groups attached to an aromatic ring is 1. The van der Waals surface area contributed by atoms with E-state index in [1.54, 1.807) is 12.1 Å². The van der Waals surface area contributed by atoms with Gasteiger partial charge in [-0.25, -0.2) is 0 Å². The smallest absolute Gasteiger partial charge is 0.239 e. The van der Waals surface area contributed by atoms with E-state index in [2.05, 4.69) is 20.9 Å². The third-order valence-electron chi connectivity index (χ3n) is 4.18. The van der Waals surface area contributed by atoms with Gasteiger partial charge in [0.2, 0.25) is 11.8 Å². The molecular weight excluding hydrogens is 348 g/mol. The van der Waals surface area contributed by atoms with Crippen molar-refractivity contribution >= 4 is 17.6 Å². The summed E-state index contributed by atoms with van der Waals surface area (Å²) in [6.07, 6.45) is 0. The van der Waals surface area contributed by atoms with E-state index in [0.29, 0.717) is 18.7 Å². The quantitative estimate of drug-likeness (QED) is 0.253. The zero-order valence-corrected chi connectivity index (χ0v) is 15.4. The van der Waals surface area contributed by atoms with Crippen LogP contribution < -0.4 is 21.7 Å². The maximum absolute atomic E-state index is 11.8. The number of carbonyl (C=O) groups is 2. The molecular formula is C18H28N6O3. The van der Waals surface area contributed by atoms with Gasteiger partial charge in [0.15, 0.2) is 0 Å². The maximum atomic E-state index is 11.8. The van der Waals surface area contributed by atoms with E-state index in [9.17, 15) is 9.59 Å². The van der Waals surface area contributed by atoms with Gasteiger partial charge >= 0.3 is 0 Å². The summed E-state index contributed by atoms with van der Waals surface area (Å²) in [4.78, 5) is 25.8. The minimum Gasteiger partial charge on any atom is -0.384 e. The van der Waals surface area contributed by atoms with E-state index < -0.39 is 0 Å². The summed E-state index contributed by atoms with van der Waals surface area (Å²) < 4.78 is 5.27. The first-order valence-electron chi connectivity index (χ1n) is 9.02. The lowest BCUT2D eigenvalue weighted by Crippen LogP contribution is -2.44. The number of amidine groups is 1. The van der Waals surface area contributed by atoms with Crippen LogP contribution in [-0.4, -0.2) is 75.0 Å². The molecule has 2 amide bonds. The summed E-state index contributed by atoms with van der Waals surface area (Å²) in [7, 11) is 0. The van der Waals surface area contributed by atoms with Gasteiger partial charge in [0.1, 0.15) is 5.84 Å². The van der Waals surface area contributed by atoms with E-state index in [4.69, 9.17) is 15.9 Å². The Labute approximate surface area is 159 Å². The molecule has 1 heterocycles. The molecule has 1 aliphatic rings. The van der Waals surface area contributed by atoms with Gasteiger partial charge in [-0.3, -0.25) is 19.9 Å². The number of amides is 2. The lowest BCUT2D eigenvalue weighted by Gasteiger charge is -2.26. The van der Waals surface area contributed by atoms with Crippen molar-refractivity contribution in [3.8, 4) is 0 Å². The molecule has 0 atom stereocenters. The Morgan fingerprint density at radius 2 is 1.74 bits per heavy atom. The van der Waals surface area contributed by atoms with E-state index in [-0.39, 0.29) is 30.7 Å². The minimum absolute atomic E-state index is 0.0251. The first-order chi connectivity index (χ1) is 13.0. The largest absolute Gasteiger partial charge is 0.384 e. The molecule has 2 rings (SSSR count). The molecule has 1 aliphatic heterocycles. The summed E-state index contributed by atoms with van der Waals surface area (Å²) in [5.74, 6) is -0.410. The minimum atomic E-state index is -0.237. The monoisotopic (exact) mass is 376 g/mol. The van der Waals surface area contributed by atoms with Crippen LogP contribution in [0.15, 0.2) is 24.3 Å². The van der Waals surface area contributed by atoms with Gasteiger partial charge in [-0.2, -0.15) is 0 Å². The van der Waals surface area contributed by atoms with Gasteiger partial charge in [0.25, 0.3) is 0 Å². The van der Waals surface area contributed by atoms with Crippen LogP contribution in [0.5, 0.6) is 0 Å². The molecule has 1 aromatic rings. The number of benzene rings is 1. The predicted octanol–water partition coefficient (Wildman–Crippen LogP) is -1.38. The van der Waals surface area contributed by atoms with Crippen LogP contribution >= 0.6 is 0 Å². The number of morpholine rings is 1. The van der Waals surface area contributed by atoms with Crippen molar-refractivity contribution in [3.05, 3.63) is 35.4 Å². The van der Waals surface area contributed by atoms with Crippen molar-refractivity contribution in [3.63, 3.8) is 0 Å². The van der Waals surface area contributed by atoms with Crippen molar-refractivity contribution in [1.29, 1.82) is 5.41 Å². The van der Waals surface area contributed by atoms with Crippen LogP contribution in [0.2, 0.25) is 0 Å². The van der Waals surface area contributed by atoms with Gasteiger partial charge in [-0.1, -0.05) is 24.3 Å². The van der Waals surface area contributed by atoms with Gasteiger partial charge < -0.3 is 26.4 Å². The lowest BCUT2D eigenvalue weighted by atomic mass is 10.1. The highest BCUT2D eigenvalue weighted by molar-refractivity contribution is 5.94. The van der Waals surface area contributed by atoms with E-state index in [1.807, 2.05) is 12.1 Å². The molecule has 0 bridgehead atoms. The van der Waals surface area contributed by atoms with Crippen molar-refractivity contribution in [2.75, 3.05) is 52.5 Å². The Bertz CT molecular complexity index is 628. The Balaban J connectivity index is 1.53. The van der Waals surface area contributed by atoms with Crippen LogP contribution in [0.3, 0.4) is 0 Å². The number of nitrogens with one attached hydrogen (secondary N) is 4. The SMILES string of the molecule is N=C(N)c1ccc(CNCC(=O)NCC(=O)NCCN2CCOCC2)cc1. The fourth-order valence-electron chi connectivity index (χ4n) is 2.60. The van der Waals surface area contributed by atoms with Crippen LogP contribution in [0.1, 0.15) is 11.1 Å². The highest BCUT2D eigenvalue weighted by Crippen LogP contribution is 2.03. The standard InChI is InChI=1S/C18H28N6O3/c19-18(20)15-3-1-14(2-4-15)11-21-12-16(25)23-13-17(26)22-5-6-24-7-9-27-10-8-24/h1-4,21H,5-13H2,(H3,19,20)(H,22,26)(H,23,25). The average Bonchev–Trinajstić information content (AvgIpc) is 2.67. The highest BCUT2D eigenvalue weighted by atomic mass is 16.5. The molecule has 0 spiro atoms. The van der Waals surface area contributed by atoms with Crippen molar-refractivity contribution in [2.45, 2.75) is 6.54 Å². The number of nitrogens with two attached hydrogens (primary N) is 1. The summed E-state index contributed by atoms with van der Waals surface area (Å²) >= 11 is 0. The Kier molecular flexibility index (Phi) is 8.69. The molecule has 6 N–H and O–H groups in total. The molecule has 0 radical (unpaired) electrons. The topological polar surface area (TPSA) is 133 Å². The predicted molar refractivity (Wildman–Crippen MR) is 102 cm³/mol. The van der Waals surface area contributed by atoms with Crippen LogP contribution in [0.25, 0.3) is 0 Å². The summed E-state index contributed by atoms with van der Waals surface area (Å²) in [5, 5.41) is 15.7. The fraction of sp³-hybridized carbons (Fsp3) is 0.500. The molecule has 0 aromatic heterocycles. The molecule has 0 saturated carbocycles. The summed E-state index contributed by atoms with van der Waals surface area (Å²) in [6.45, 7) is 5.18. The van der Waals surface area contributed by atoms with Crippen molar-refractivity contribution < 1.29 is 14.3 Å². The van der Waals surface area contributed by atoms with E-state index >= 15 is 0 Å². The van der Waals surface area contributed by atoms with Gasteiger partial charge in [0, 0.05) is 38.3 Å². The molecule has 1 saturated heterocycles. The Hall–Kier alpha value is -2.49. The first-order valence-corrected chi connectivity index (χ1v) is 9.02. The second-order valence-electron chi connectivity index (χ2n) is 6.29. The number of ether oxygens (including phenoxy) is 1. The number of nitrogens with zero attached hydrogens (tertiary/aromatic N) is 1. The van der Waals surface area contributed by atoms with Crippen molar-refractivity contribution in [2.24, 2.45) is 5.73 Å². The Morgan fingerprint density at radius 3 is 2.41 bits per heavy atom. The Morgan fingerprint density at radius 1 is 1.07 bits per heavy atom. The maximum Gasteiger partial charge on any atom is 0.239 e. The fourth-order valence-corrected chi connectivity index (χ4v) is 2.60. The highest BCUT2D eigenvalue weighted by Gasteiger charge is 2.10. The summed E-state index contributed by atoms with van der Waals surface area (Å²) in [6, 6.07) is 7.23. The van der Waals surface area contributed by atoms with Gasteiger partial charge in [-0.15, -0.1) is 0 Å². The molecule has 1 fully saturated rings. The zero-order valence-electron chi connectivity index (χ0n) is 15.4. The second-order valence-corrected chi connectivity index (χ2v) is 6.29. The molecule has 9 nitrogen and oxygen atoms in total. The first kappa shape index (κ1) is 20.8. The molecule has 9 heteroatoms. The third kappa shape index (κ3) is 8.16. The van der Waals surface area contributed by atoms with E-state index in [0.717, 1.165) is 38.4 Å². The number of hydrogen-bond acceptors (Lipinski definition) is 6. The molecule has 148 valence electrons.